The lowest BCUT2D eigenvalue weighted by Gasteiger charge is -2.43. The molecule has 0 spiro atoms. The lowest BCUT2D eigenvalue weighted by Crippen LogP contribution is -2.59. The highest BCUT2D eigenvalue weighted by molar-refractivity contribution is 7.99. The number of carbonyl (C=O) groups excluding carboxylic acids is 1. The highest BCUT2D eigenvalue weighted by Gasteiger charge is 2.40. The molecule has 23 heavy (non-hydrogen) atoms. The second-order valence-corrected chi connectivity index (χ2v) is 7.43. The summed E-state index contributed by atoms with van der Waals surface area (Å²) in [5, 5.41) is 3.16. The molecule has 1 aromatic carbocycles. The zero-order valence-electron chi connectivity index (χ0n) is 13.4. The molecule has 2 aliphatic rings. The Labute approximate surface area is 141 Å². The van der Waals surface area contributed by atoms with Gasteiger partial charge in [-0.25, -0.2) is 0 Å². The van der Waals surface area contributed by atoms with Gasteiger partial charge in [-0.05, 0) is 29.9 Å². The fraction of sp³-hybridized carbons (Fsp3) is 0.588. The normalized spacial score (nSPS) is 25.4. The Kier molecular flexibility index (Phi) is 5.46. The van der Waals surface area contributed by atoms with Gasteiger partial charge in [0.05, 0.1) is 19.6 Å². The Morgan fingerprint density at radius 2 is 2.04 bits per heavy atom. The second kappa shape index (κ2) is 7.55. The summed E-state index contributed by atoms with van der Waals surface area (Å²) >= 11 is 1.98. The molecule has 0 bridgehead atoms. The fourth-order valence-electron chi connectivity index (χ4n) is 3.28. The number of ether oxygens (including phenoxy) is 1. The number of carbonyl (C=O) groups is 1. The molecule has 2 heterocycles. The largest absolute Gasteiger partial charge is 0.399 e. The lowest BCUT2D eigenvalue weighted by molar-refractivity contribution is -0.121. The quantitative estimate of drug-likeness (QED) is 0.790. The van der Waals surface area contributed by atoms with Gasteiger partial charge in [-0.3, -0.25) is 9.69 Å². The SMILES string of the molecule is Nc1ccc(CC(=O)NCC2(N3CCOCC3)CCSC2)cc1. The van der Waals surface area contributed by atoms with Gasteiger partial charge in [0.1, 0.15) is 0 Å². The number of nitrogen functional groups attached to an aromatic ring is 1. The van der Waals surface area contributed by atoms with E-state index in [0.717, 1.165) is 56.3 Å². The smallest absolute Gasteiger partial charge is 0.224 e. The van der Waals surface area contributed by atoms with Gasteiger partial charge >= 0.3 is 0 Å². The number of rotatable bonds is 5. The minimum Gasteiger partial charge on any atom is -0.399 e. The molecule has 3 N–H and O–H groups in total. The summed E-state index contributed by atoms with van der Waals surface area (Å²) in [5.41, 5.74) is 7.51. The maximum absolute atomic E-state index is 12.3. The zero-order valence-corrected chi connectivity index (χ0v) is 14.2. The summed E-state index contributed by atoms with van der Waals surface area (Å²) in [6.45, 7) is 4.26. The second-order valence-electron chi connectivity index (χ2n) is 6.32. The van der Waals surface area contributed by atoms with Gasteiger partial charge in [0, 0.05) is 36.6 Å². The number of hydrogen-bond acceptors (Lipinski definition) is 5. The van der Waals surface area contributed by atoms with Crippen molar-refractivity contribution in [3.8, 4) is 0 Å². The van der Waals surface area contributed by atoms with E-state index in [4.69, 9.17) is 10.5 Å². The number of anilines is 1. The maximum Gasteiger partial charge on any atom is 0.224 e. The van der Waals surface area contributed by atoms with E-state index in [1.165, 1.54) is 5.75 Å². The Morgan fingerprint density at radius 3 is 2.70 bits per heavy atom. The number of benzene rings is 1. The van der Waals surface area contributed by atoms with Gasteiger partial charge < -0.3 is 15.8 Å². The van der Waals surface area contributed by atoms with Crippen LogP contribution >= 0.6 is 11.8 Å². The van der Waals surface area contributed by atoms with Crippen molar-refractivity contribution < 1.29 is 9.53 Å². The minimum atomic E-state index is 0.0827. The Hall–Kier alpha value is -1.24. The van der Waals surface area contributed by atoms with Crippen LogP contribution in [-0.2, 0) is 16.0 Å². The summed E-state index contributed by atoms with van der Waals surface area (Å²) in [5.74, 6) is 2.35. The van der Waals surface area contributed by atoms with Crippen LogP contribution in [0.3, 0.4) is 0 Å². The molecule has 1 aromatic rings. The van der Waals surface area contributed by atoms with E-state index in [2.05, 4.69) is 10.2 Å². The van der Waals surface area contributed by atoms with Gasteiger partial charge in [-0.15, -0.1) is 0 Å². The van der Waals surface area contributed by atoms with Crippen LogP contribution in [0.25, 0.3) is 0 Å². The van der Waals surface area contributed by atoms with Gasteiger partial charge in [0.25, 0.3) is 0 Å². The molecular weight excluding hydrogens is 310 g/mol. The first kappa shape index (κ1) is 16.6. The third-order valence-electron chi connectivity index (χ3n) is 4.72. The van der Waals surface area contributed by atoms with E-state index in [0.29, 0.717) is 6.42 Å². The predicted octanol–water partition coefficient (Wildman–Crippen LogP) is 1.14. The van der Waals surface area contributed by atoms with Crippen LogP contribution in [0.5, 0.6) is 0 Å². The van der Waals surface area contributed by atoms with Crippen LogP contribution in [0.15, 0.2) is 24.3 Å². The molecule has 0 aliphatic carbocycles. The van der Waals surface area contributed by atoms with Crippen molar-refractivity contribution >= 4 is 23.4 Å². The van der Waals surface area contributed by atoms with E-state index < -0.39 is 0 Å². The van der Waals surface area contributed by atoms with Crippen molar-refractivity contribution in [1.82, 2.24) is 10.2 Å². The lowest BCUT2D eigenvalue weighted by atomic mass is 9.95. The Bertz CT molecular complexity index is 523. The third kappa shape index (κ3) is 4.19. The Balaban J connectivity index is 1.56. The van der Waals surface area contributed by atoms with E-state index in [1.54, 1.807) is 0 Å². The summed E-state index contributed by atoms with van der Waals surface area (Å²) in [4.78, 5) is 14.8. The van der Waals surface area contributed by atoms with Crippen molar-refractivity contribution in [2.75, 3.05) is 50.1 Å². The molecule has 2 saturated heterocycles. The predicted molar refractivity (Wildman–Crippen MR) is 94.6 cm³/mol. The molecule has 0 saturated carbocycles. The van der Waals surface area contributed by atoms with Crippen LogP contribution in [0.2, 0.25) is 0 Å². The van der Waals surface area contributed by atoms with Gasteiger partial charge in [0.2, 0.25) is 5.91 Å². The van der Waals surface area contributed by atoms with Crippen LogP contribution in [0, 0.1) is 0 Å². The maximum atomic E-state index is 12.3. The molecule has 126 valence electrons. The van der Waals surface area contributed by atoms with Gasteiger partial charge in [-0.1, -0.05) is 12.1 Å². The highest BCUT2D eigenvalue weighted by atomic mass is 32.2. The molecule has 1 atom stereocenters. The van der Waals surface area contributed by atoms with Crippen molar-refractivity contribution in [3.63, 3.8) is 0 Å². The fourth-order valence-corrected chi connectivity index (χ4v) is 4.76. The molecule has 1 unspecified atom stereocenters. The minimum absolute atomic E-state index is 0.0827. The Morgan fingerprint density at radius 1 is 1.30 bits per heavy atom. The van der Waals surface area contributed by atoms with Crippen molar-refractivity contribution in [1.29, 1.82) is 0 Å². The molecule has 5 nitrogen and oxygen atoms in total. The van der Waals surface area contributed by atoms with Gasteiger partial charge in [-0.2, -0.15) is 11.8 Å². The first-order valence-electron chi connectivity index (χ1n) is 8.20. The number of amides is 1. The molecule has 0 radical (unpaired) electrons. The standard InChI is InChI=1S/C17H25N3O2S/c18-15-3-1-14(2-4-15)11-16(21)19-12-17(5-10-23-13-17)20-6-8-22-9-7-20/h1-4H,5-13,18H2,(H,19,21). The highest BCUT2D eigenvalue weighted by Crippen LogP contribution is 2.33. The van der Waals surface area contributed by atoms with Crippen LogP contribution < -0.4 is 11.1 Å². The average molecular weight is 335 g/mol. The van der Waals surface area contributed by atoms with Crippen molar-refractivity contribution in [3.05, 3.63) is 29.8 Å². The average Bonchev–Trinajstić information content (AvgIpc) is 3.06. The van der Waals surface area contributed by atoms with E-state index in [-0.39, 0.29) is 11.4 Å². The molecule has 6 heteroatoms. The molecule has 0 aromatic heterocycles. The number of thioether (sulfide) groups is 1. The first-order valence-corrected chi connectivity index (χ1v) is 9.35. The van der Waals surface area contributed by atoms with E-state index in [9.17, 15) is 4.79 Å². The number of nitrogens with one attached hydrogen (secondary N) is 1. The summed E-state index contributed by atoms with van der Waals surface area (Å²) in [7, 11) is 0. The number of hydrogen-bond donors (Lipinski definition) is 2. The van der Waals surface area contributed by atoms with E-state index in [1.807, 2.05) is 36.0 Å². The van der Waals surface area contributed by atoms with Crippen LogP contribution in [-0.4, -0.2) is 60.7 Å². The topological polar surface area (TPSA) is 67.6 Å². The number of nitrogens with zero attached hydrogens (tertiary/aromatic N) is 1. The van der Waals surface area contributed by atoms with E-state index >= 15 is 0 Å². The van der Waals surface area contributed by atoms with Gasteiger partial charge in [0.15, 0.2) is 0 Å². The van der Waals surface area contributed by atoms with Crippen molar-refractivity contribution in [2.45, 2.75) is 18.4 Å². The third-order valence-corrected chi connectivity index (χ3v) is 5.96. The zero-order chi connectivity index (χ0) is 16.1. The monoisotopic (exact) mass is 335 g/mol. The first-order chi connectivity index (χ1) is 11.2. The molecule has 1 amide bonds. The summed E-state index contributed by atoms with van der Waals surface area (Å²) < 4.78 is 5.47. The molecule has 2 aliphatic heterocycles. The molecular formula is C17H25N3O2S. The number of nitrogens with two attached hydrogens (primary N) is 1. The molecule has 3 rings (SSSR count). The summed E-state index contributed by atoms with van der Waals surface area (Å²) in [6.07, 6.45) is 1.55. The number of morpholine rings is 1. The van der Waals surface area contributed by atoms with Crippen LogP contribution in [0.4, 0.5) is 5.69 Å². The van der Waals surface area contributed by atoms with Crippen LogP contribution in [0.1, 0.15) is 12.0 Å². The summed E-state index contributed by atoms with van der Waals surface area (Å²) in [6, 6.07) is 7.51. The molecule has 2 fully saturated rings. The van der Waals surface area contributed by atoms with Crippen molar-refractivity contribution in [2.24, 2.45) is 0 Å².